The van der Waals surface area contributed by atoms with Gasteiger partial charge in [0.25, 0.3) is 0 Å². The molecule has 1 N–H and O–H groups in total. The van der Waals surface area contributed by atoms with Gasteiger partial charge in [-0.1, -0.05) is 12.1 Å². The molecule has 2 rings (SSSR count). The first-order chi connectivity index (χ1) is 12.0. The van der Waals surface area contributed by atoms with E-state index in [4.69, 9.17) is 5.26 Å². The molecule has 1 amide bonds. The molecule has 0 aliphatic carbocycles. The predicted molar refractivity (Wildman–Crippen MR) is 89.0 cm³/mol. The van der Waals surface area contributed by atoms with Gasteiger partial charge in [-0.25, -0.2) is 4.39 Å². The predicted octanol–water partition coefficient (Wildman–Crippen LogP) is 4.17. The van der Waals surface area contributed by atoms with Crippen molar-refractivity contribution in [1.29, 1.82) is 5.26 Å². The molecule has 0 unspecified atom stereocenters. The van der Waals surface area contributed by atoms with Crippen LogP contribution < -0.4 is 10.1 Å². The molecule has 2 aromatic carbocycles. The summed E-state index contributed by atoms with van der Waals surface area (Å²) in [6.07, 6.45) is 0. The van der Waals surface area contributed by atoms with Crippen molar-refractivity contribution in [2.24, 2.45) is 0 Å². The number of carbonyl (C=O) groups excluding carboxylic acids is 1. The Morgan fingerprint density at radius 1 is 1.28 bits per heavy atom. The molecule has 130 valence electrons. The maximum Gasteiger partial charge on any atom is 0.387 e. The van der Waals surface area contributed by atoms with Gasteiger partial charge < -0.3 is 10.1 Å². The molecule has 8 heteroatoms. The van der Waals surface area contributed by atoms with Crippen LogP contribution in [0.2, 0.25) is 0 Å². The molecule has 0 radical (unpaired) electrons. The molecule has 4 nitrogen and oxygen atoms in total. The zero-order valence-corrected chi connectivity index (χ0v) is 13.7. The largest absolute Gasteiger partial charge is 0.433 e. The molecule has 0 spiro atoms. The maximum absolute atomic E-state index is 13.6. The summed E-state index contributed by atoms with van der Waals surface area (Å²) >= 11 is 1.14. The van der Waals surface area contributed by atoms with E-state index in [1.807, 2.05) is 6.07 Å². The number of nitriles is 1. The monoisotopic (exact) mass is 366 g/mol. The van der Waals surface area contributed by atoms with E-state index < -0.39 is 18.3 Å². The highest BCUT2D eigenvalue weighted by Gasteiger charge is 2.12. The summed E-state index contributed by atoms with van der Waals surface area (Å²) in [7, 11) is 0. The van der Waals surface area contributed by atoms with E-state index in [-0.39, 0.29) is 22.9 Å². The van der Waals surface area contributed by atoms with Gasteiger partial charge in [0, 0.05) is 5.75 Å². The third-order valence-corrected chi connectivity index (χ3v) is 4.02. The van der Waals surface area contributed by atoms with Crippen molar-refractivity contribution in [3.63, 3.8) is 0 Å². The Morgan fingerprint density at radius 3 is 2.76 bits per heavy atom. The van der Waals surface area contributed by atoms with Crippen LogP contribution in [0.25, 0.3) is 0 Å². The molecular formula is C17H13F3N2O2S. The average Bonchev–Trinajstić information content (AvgIpc) is 2.58. The second-order valence-corrected chi connectivity index (χ2v) is 5.82. The van der Waals surface area contributed by atoms with Crippen LogP contribution in [0.1, 0.15) is 11.1 Å². The molecule has 0 heterocycles. The zero-order valence-electron chi connectivity index (χ0n) is 12.8. The van der Waals surface area contributed by atoms with Crippen molar-refractivity contribution in [3.8, 4) is 11.8 Å². The summed E-state index contributed by atoms with van der Waals surface area (Å²) in [6, 6.07) is 11.8. The van der Waals surface area contributed by atoms with Gasteiger partial charge in [0.15, 0.2) is 0 Å². The minimum Gasteiger partial charge on any atom is -0.433 e. The Kier molecular flexibility index (Phi) is 6.71. The van der Waals surface area contributed by atoms with E-state index in [0.29, 0.717) is 11.1 Å². The third-order valence-electron chi connectivity index (χ3n) is 3.04. The molecule has 0 aliphatic rings. The van der Waals surface area contributed by atoms with Crippen molar-refractivity contribution in [1.82, 2.24) is 0 Å². The quantitative estimate of drug-likeness (QED) is 0.799. The van der Waals surface area contributed by atoms with Crippen molar-refractivity contribution in [2.45, 2.75) is 12.4 Å². The molecule has 0 bridgehead atoms. The minimum atomic E-state index is -3.00. The summed E-state index contributed by atoms with van der Waals surface area (Å²) in [5.41, 5.74) is 0.781. The lowest BCUT2D eigenvalue weighted by molar-refractivity contribution is -0.113. The van der Waals surface area contributed by atoms with Crippen molar-refractivity contribution in [3.05, 3.63) is 59.4 Å². The van der Waals surface area contributed by atoms with Gasteiger partial charge >= 0.3 is 6.61 Å². The van der Waals surface area contributed by atoms with Crippen LogP contribution in [-0.2, 0) is 10.5 Å². The maximum atomic E-state index is 13.6. The highest BCUT2D eigenvalue weighted by Crippen LogP contribution is 2.26. The Bertz CT molecular complexity index is 794. The number of amides is 1. The summed E-state index contributed by atoms with van der Waals surface area (Å²) in [5, 5.41) is 11.3. The van der Waals surface area contributed by atoms with Gasteiger partial charge in [-0.15, -0.1) is 11.8 Å². The number of hydrogen-bond acceptors (Lipinski definition) is 4. The number of anilines is 1. The molecule has 0 aliphatic heterocycles. The first-order valence-corrected chi connectivity index (χ1v) is 8.25. The van der Waals surface area contributed by atoms with E-state index in [0.717, 1.165) is 11.8 Å². The zero-order chi connectivity index (χ0) is 18.2. The topological polar surface area (TPSA) is 62.1 Å². The van der Waals surface area contributed by atoms with Crippen molar-refractivity contribution < 1.29 is 22.7 Å². The lowest BCUT2D eigenvalue weighted by atomic mass is 10.1. The van der Waals surface area contributed by atoms with Gasteiger partial charge in [-0.3, -0.25) is 4.79 Å². The smallest absolute Gasteiger partial charge is 0.387 e. The van der Waals surface area contributed by atoms with E-state index in [9.17, 15) is 18.0 Å². The van der Waals surface area contributed by atoms with Gasteiger partial charge in [-0.05, 0) is 35.9 Å². The lowest BCUT2D eigenvalue weighted by Crippen LogP contribution is -2.15. The second kappa shape index (κ2) is 8.99. The number of thioether (sulfide) groups is 1. The van der Waals surface area contributed by atoms with Gasteiger partial charge in [0.05, 0.1) is 23.1 Å². The third kappa shape index (κ3) is 5.72. The number of ether oxygens (including phenoxy) is 1. The second-order valence-electron chi connectivity index (χ2n) is 4.83. The summed E-state index contributed by atoms with van der Waals surface area (Å²) in [5.74, 6) is -0.846. The molecule has 0 saturated heterocycles. The van der Waals surface area contributed by atoms with E-state index in [1.54, 1.807) is 6.07 Å². The number of halogens is 3. The summed E-state index contributed by atoms with van der Waals surface area (Å²) in [6.45, 7) is -3.00. The van der Waals surface area contributed by atoms with Gasteiger partial charge in [0.1, 0.15) is 11.6 Å². The van der Waals surface area contributed by atoms with Crippen molar-refractivity contribution >= 4 is 23.4 Å². The summed E-state index contributed by atoms with van der Waals surface area (Å²) in [4.78, 5) is 11.9. The number of hydrogen-bond donors (Lipinski definition) is 1. The van der Waals surface area contributed by atoms with Crippen LogP contribution in [0.15, 0.2) is 42.5 Å². The van der Waals surface area contributed by atoms with Crippen LogP contribution in [-0.4, -0.2) is 18.3 Å². The Hall–Kier alpha value is -2.66. The van der Waals surface area contributed by atoms with Gasteiger partial charge in [0.2, 0.25) is 5.91 Å². The Balaban J connectivity index is 1.91. The molecule has 2 aromatic rings. The number of nitrogens with one attached hydrogen (secondary N) is 1. The number of alkyl halides is 2. The molecule has 0 fully saturated rings. The minimum absolute atomic E-state index is 0.0146. The van der Waals surface area contributed by atoms with Crippen LogP contribution in [0, 0.1) is 17.1 Å². The number of benzene rings is 2. The molecule has 0 aromatic heterocycles. The van der Waals surface area contributed by atoms with Crippen LogP contribution in [0.5, 0.6) is 5.75 Å². The molecule has 25 heavy (non-hydrogen) atoms. The number of rotatable bonds is 7. The fourth-order valence-electron chi connectivity index (χ4n) is 1.96. The van der Waals surface area contributed by atoms with Crippen LogP contribution in [0.3, 0.4) is 0 Å². The average molecular weight is 366 g/mol. The van der Waals surface area contributed by atoms with Gasteiger partial charge in [-0.2, -0.15) is 14.0 Å². The number of nitrogens with zero attached hydrogens (tertiary/aromatic N) is 1. The fraction of sp³-hybridized carbons (Fsp3) is 0.176. The van der Waals surface area contributed by atoms with E-state index in [2.05, 4.69) is 10.1 Å². The number of para-hydroxylation sites is 2. The highest BCUT2D eigenvalue weighted by atomic mass is 32.2. The Labute approximate surface area is 146 Å². The molecule has 0 atom stereocenters. The lowest BCUT2D eigenvalue weighted by Gasteiger charge is -2.11. The first kappa shape index (κ1) is 18.7. The SMILES string of the molecule is N#Cc1ccc(F)c(CSCC(=O)Nc2ccccc2OC(F)F)c1. The van der Waals surface area contributed by atoms with E-state index in [1.165, 1.54) is 36.4 Å². The normalized spacial score (nSPS) is 10.4. The number of carbonyl (C=O) groups is 1. The Morgan fingerprint density at radius 2 is 2.04 bits per heavy atom. The van der Waals surface area contributed by atoms with E-state index >= 15 is 0 Å². The first-order valence-electron chi connectivity index (χ1n) is 7.09. The standard InChI is InChI=1S/C17H13F3N2O2S/c18-13-6-5-11(8-21)7-12(13)9-25-10-16(23)22-14-3-1-2-4-15(14)24-17(19)20/h1-7,17H,9-10H2,(H,22,23). The summed E-state index contributed by atoms with van der Waals surface area (Å²) < 4.78 is 42.6. The highest BCUT2D eigenvalue weighted by molar-refractivity contribution is 7.99. The fourth-order valence-corrected chi connectivity index (χ4v) is 2.76. The van der Waals surface area contributed by atoms with Crippen molar-refractivity contribution in [2.75, 3.05) is 11.1 Å². The van der Waals surface area contributed by atoms with Crippen LogP contribution in [0.4, 0.5) is 18.9 Å². The molecular weight excluding hydrogens is 353 g/mol. The van der Waals surface area contributed by atoms with Crippen LogP contribution >= 0.6 is 11.8 Å². The molecule has 0 saturated carbocycles.